The predicted molar refractivity (Wildman–Crippen MR) is 123 cm³/mol. The minimum absolute atomic E-state index is 0. The standard InChI is InChI=1S/C20H23N7O.HI/c1-21-20(23-14-18-25-24-17-5-2-3-11-27(17)18)22-13-15-7-9-16(10-8-15)26-12-4-6-19(26)28;/h2-3,5,7-11H,4,6,12-14H2,1H3,(H2,21,22,23);1H. The van der Waals surface area contributed by atoms with Gasteiger partial charge in [-0.25, -0.2) is 0 Å². The van der Waals surface area contributed by atoms with Gasteiger partial charge in [0.25, 0.3) is 0 Å². The second kappa shape index (κ2) is 9.68. The van der Waals surface area contributed by atoms with Crippen LogP contribution in [-0.2, 0) is 17.9 Å². The van der Waals surface area contributed by atoms with Crippen molar-refractivity contribution < 1.29 is 4.79 Å². The minimum atomic E-state index is 0. The first-order valence-electron chi connectivity index (χ1n) is 9.37. The number of nitrogens with one attached hydrogen (secondary N) is 2. The Bertz CT molecular complexity index is 999. The van der Waals surface area contributed by atoms with Crippen LogP contribution < -0.4 is 15.5 Å². The molecule has 3 heterocycles. The lowest BCUT2D eigenvalue weighted by Gasteiger charge is -2.16. The van der Waals surface area contributed by atoms with Gasteiger partial charge in [-0.2, -0.15) is 0 Å². The summed E-state index contributed by atoms with van der Waals surface area (Å²) in [7, 11) is 1.74. The molecule has 152 valence electrons. The van der Waals surface area contributed by atoms with Gasteiger partial charge in [0, 0.05) is 38.4 Å². The van der Waals surface area contributed by atoms with E-state index in [1.165, 1.54) is 0 Å². The summed E-state index contributed by atoms with van der Waals surface area (Å²) in [5.41, 5.74) is 2.90. The molecule has 0 bridgehead atoms. The maximum Gasteiger partial charge on any atom is 0.227 e. The molecule has 9 heteroatoms. The monoisotopic (exact) mass is 505 g/mol. The summed E-state index contributed by atoms with van der Waals surface area (Å²) in [5, 5.41) is 14.9. The fourth-order valence-electron chi connectivity index (χ4n) is 3.30. The predicted octanol–water partition coefficient (Wildman–Crippen LogP) is 2.34. The van der Waals surface area contributed by atoms with E-state index in [-0.39, 0.29) is 29.9 Å². The van der Waals surface area contributed by atoms with Crippen molar-refractivity contribution in [2.24, 2.45) is 4.99 Å². The number of hydrogen-bond donors (Lipinski definition) is 2. The summed E-state index contributed by atoms with van der Waals surface area (Å²) in [6.45, 7) is 1.96. The zero-order valence-corrected chi connectivity index (χ0v) is 18.5. The van der Waals surface area contributed by atoms with Gasteiger partial charge in [0.2, 0.25) is 5.91 Å². The molecule has 0 spiro atoms. The van der Waals surface area contributed by atoms with Crippen LogP contribution in [0.25, 0.3) is 5.65 Å². The summed E-state index contributed by atoms with van der Waals surface area (Å²) in [4.78, 5) is 17.9. The van der Waals surface area contributed by atoms with E-state index in [0.717, 1.165) is 35.7 Å². The van der Waals surface area contributed by atoms with Gasteiger partial charge in [-0.15, -0.1) is 34.2 Å². The lowest BCUT2D eigenvalue weighted by atomic mass is 10.2. The van der Waals surface area contributed by atoms with Crippen molar-refractivity contribution in [1.29, 1.82) is 0 Å². The molecule has 1 aromatic carbocycles. The molecule has 2 N–H and O–H groups in total. The van der Waals surface area contributed by atoms with Crippen LogP contribution in [0.1, 0.15) is 24.2 Å². The number of benzene rings is 1. The molecule has 0 unspecified atom stereocenters. The van der Waals surface area contributed by atoms with Crippen LogP contribution in [0.4, 0.5) is 5.69 Å². The molecule has 1 amide bonds. The Kier molecular flexibility index (Phi) is 7.02. The van der Waals surface area contributed by atoms with E-state index in [4.69, 9.17) is 0 Å². The van der Waals surface area contributed by atoms with Gasteiger partial charge in [-0.1, -0.05) is 18.2 Å². The summed E-state index contributed by atoms with van der Waals surface area (Å²) in [5.74, 6) is 1.71. The van der Waals surface area contributed by atoms with Crippen LogP contribution >= 0.6 is 24.0 Å². The molecule has 8 nitrogen and oxygen atoms in total. The van der Waals surface area contributed by atoms with Crippen LogP contribution in [0.15, 0.2) is 53.7 Å². The summed E-state index contributed by atoms with van der Waals surface area (Å²) >= 11 is 0. The number of anilines is 1. The molecule has 0 radical (unpaired) electrons. The van der Waals surface area contributed by atoms with E-state index in [0.29, 0.717) is 25.5 Å². The summed E-state index contributed by atoms with van der Waals surface area (Å²) in [6.07, 6.45) is 3.52. The highest BCUT2D eigenvalue weighted by Gasteiger charge is 2.21. The van der Waals surface area contributed by atoms with Crippen molar-refractivity contribution in [3.63, 3.8) is 0 Å². The average Bonchev–Trinajstić information content (AvgIpc) is 3.35. The van der Waals surface area contributed by atoms with Crippen molar-refractivity contribution in [1.82, 2.24) is 25.2 Å². The first-order chi connectivity index (χ1) is 13.7. The van der Waals surface area contributed by atoms with Crippen LogP contribution in [0.5, 0.6) is 0 Å². The second-order valence-electron chi connectivity index (χ2n) is 6.64. The van der Waals surface area contributed by atoms with Crippen molar-refractivity contribution in [3.8, 4) is 0 Å². The van der Waals surface area contributed by atoms with Crippen LogP contribution in [-0.4, -0.2) is 40.1 Å². The molecule has 0 saturated carbocycles. The molecule has 1 fully saturated rings. The molecule has 0 atom stereocenters. The maximum absolute atomic E-state index is 11.8. The normalized spacial score (nSPS) is 14.2. The number of carbonyl (C=O) groups is 1. The van der Waals surface area contributed by atoms with Crippen molar-refractivity contribution in [2.75, 3.05) is 18.5 Å². The topological polar surface area (TPSA) is 86.9 Å². The molecule has 4 rings (SSSR count). The Labute approximate surface area is 186 Å². The van der Waals surface area contributed by atoms with Crippen LogP contribution in [0, 0.1) is 0 Å². The van der Waals surface area contributed by atoms with Crippen molar-refractivity contribution >= 4 is 47.2 Å². The van der Waals surface area contributed by atoms with Gasteiger partial charge in [0.1, 0.15) is 0 Å². The number of hydrogen-bond acceptors (Lipinski definition) is 4. The largest absolute Gasteiger partial charge is 0.352 e. The van der Waals surface area contributed by atoms with E-state index >= 15 is 0 Å². The smallest absolute Gasteiger partial charge is 0.227 e. The third-order valence-electron chi connectivity index (χ3n) is 4.80. The Morgan fingerprint density at radius 1 is 1.10 bits per heavy atom. The molecule has 0 aliphatic carbocycles. The van der Waals surface area contributed by atoms with E-state index in [1.54, 1.807) is 7.05 Å². The van der Waals surface area contributed by atoms with Gasteiger partial charge in [-0.3, -0.25) is 14.2 Å². The first kappa shape index (κ1) is 21.0. The molecule has 1 saturated heterocycles. The third-order valence-corrected chi connectivity index (χ3v) is 4.80. The van der Waals surface area contributed by atoms with Crippen LogP contribution in [0.3, 0.4) is 0 Å². The van der Waals surface area contributed by atoms with Gasteiger partial charge in [-0.05, 0) is 36.2 Å². The SMILES string of the molecule is CN=C(NCc1ccc(N2CCCC2=O)cc1)NCc1nnc2ccccn12.I. The average molecular weight is 505 g/mol. The van der Waals surface area contributed by atoms with Crippen LogP contribution in [0.2, 0.25) is 0 Å². The molecular weight excluding hydrogens is 481 g/mol. The highest BCUT2D eigenvalue weighted by atomic mass is 127. The Hall–Kier alpha value is -2.69. The molecule has 1 aliphatic rings. The fraction of sp³-hybridized carbons (Fsp3) is 0.300. The number of halogens is 1. The van der Waals surface area contributed by atoms with Gasteiger partial charge in [0.15, 0.2) is 17.4 Å². The van der Waals surface area contributed by atoms with E-state index in [2.05, 4.69) is 25.8 Å². The maximum atomic E-state index is 11.8. The lowest BCUT2D eigenvalue weighted by Crippen LogP contribution is -2.36. The number of aromatic nitrogens is 3. The highest BCUT2D eigenvalue weighted by Crippen LogP contribution is 2.21. The fourth-order valence-corrected chi connectivity index (χ4v) is 3.30. The summed E-state index contributed by atoms with van der Waals surface area (Å²) < 4.78 is 1.94. The van der Waals surface area contributed by atoms with E-state index < -0.39 is 0 Å². The number of carbonyl (C=O) groups excluding carboxylic acids is 1. The molecule has 3 aromatic rings. The summed E-state index contributed by atoms with van der Waals surface area (Å²) in [6, 6.07) is 13.9. The van der Waals surface area contributed by atoms with Gasteiger partial charge >= 0.3 is 0 Å². The number of nitrogens with zero attached hydrogens (tertiary/aromatic N) is 5. The minimum Gasteiger partial charge on any atom is -0.352 e. The van der Waals surface area contributed by atoms with E-state index in [1.807, 2.05) is 58.0 Å². The van der Waals surface area contributed by atoms with E-state index in [9.17, 15) is 4.79 Å². The molecule has 29 heavy (non-hydrogen) atoms. The Morgan fingerprint density at radius 2 is 1.90 bits per heavy atom. The number of aliphatic imine (C=N–C) groups is 1. The molecular formula is C20H24IN7O. The zero-order chi connectivity index (χ0) is 19.3. The van der Waals surface area contributed by atoms with Gasteiger partial charge in [0.05, 0.1) is 6.54 Å². The highest BCUT2D eigenvalue weighted by molar-refractivity contribution is 14.0. The third kappa shape index (κ3) is 4.84. The van der Waals surface area contributed by atoms with Crippen molar-refractivity contribution in [3.05, 3.63) is 60.0 Å². The number of amides is 1. The lowest BCUT2D eigenvalue weighted by molar-refractivity contribution is -0.117. The number of rotatable bonds is 5. The second-order valence-corrected chi connectivity index (χ2v) is 6.64. The molecule has 2 aromatic heterocycles. The van der Waals surface area contributed by atoms with Crippen molar-refractivity contribution in [2.45, 2.75) is 25.9 Å². The van der Waals surface area contributed by atoms with Gasteiger partial charge < -0.3 is 15.5 Å². The number of fused-ring (bicyclic) bond motifs is 1. The first-order valence-corrected chi connectivity index (χ1v) is 9.37. The Morgan fingerprint density at radius 3 is 2.62 bits per heavy atom. The quantitative estimate of drug-likeness (QED) is 0.316. The Balaban J connectivity index is 0.00000240. The number of pyridine rings is 1. The molecule has 1 aliphatic heterocycles. The number of guanidine groups is 1. The zero-order valence-electron chi connectivity index (χ0n) is 16.2.